The van der Waals surface area contributed by atoms with Gasteiger partial charge in [-0.15, -0.1) is 0 Å². The second-order valence-corrected chi connectivity index (χ2v) is 10.6. The van der Waals surface area contributed by atoms with Crippen LogP contribution in [0.15, 0.2) is 116 Å². The van der Waals surface area contributed by atoms with E-state index >= 15 is 0 Å². The van der Waals surface area contributed by atoms with Gasteiger partial charge < -0.3 is 14.4 Å². The highest BCUT2D eigenvalue weighted by Crippen LogP contribution is 2.35. The van der Waals surface area contributed by atoms with Gasteiger partial charge in [-0.1, -0.05) is 60.7 Å². The van der Waals surface area contributed by atoms with Crippen molar-refractivity contribution in [3.63, 3.8) is 0 Å². The second kappa shape index (κ2) is 11.2. The van der Waals surface area contributed by atoms with Crippen molar-refractivity contribution in [1.29, 1.82) is 0 Å². The molecular weight excluding hydrogens is 535 g/mol. The van der Waals surface area contributed by atoms with E-state index in [1.165, 1.54) is 23.4 Å². The number of carbonyl (C=O) groups is 1. The van der Waals surface area contributed by atoms with E-state index in [1.807, 2.05) is 30.1 Å². The van der Waals surface area contributed by atoms with Crippen molar-refractivity contribution in [2.24, 2.45) is 7.05 Å². The molecule has 1 aromatic heterocycles. The molecule has 7 heteroatoms. The molecule has 1 amide bonds. The first-order chi connectivity index (χ1) is 20.3. The van der Waals surface area contributed by atoms with Gasteiger partial charge in [-0.3, -0.25) is 4.79 Å². The first-order valence-electron chi connectivity index (χ1n) is 13.9. The molecule has 0 fully saturated rings. The number of fused-ring (bicyclic) bond motifs is 1. The van der Waals surface area contributed by atoms with Crippen molar-refractivity contribution < 1.29 is 18.0 Å². The lowest BCUT2D eigenvalue weighted by molar-refractivity contribution is -0.137. The predicted molar refractivity (Wildman–Crippen MR) is 161 cm³/mol. The van der Waals surface area contributed by atoms with Crippen LogP contribution in [0.2, 0.25) is 0 Å². The molecule has 0 atom stereocenters. The fourth-order valence-electron chi connectivity index (χ4n) is 5.60. The largest absolute Gasteiger partial charge is 0.416 e. The van der Waals surface area contributed by atoms with Gasteiger partial charge in [0.1, 0.15) is 0 Å². The molecule has 0 N–H and O–H groups in total. The van der Waals surface area contributed by atoms with Gasteiger partial charge in [0, 0.05) is 42.9 Å². The second-order valence-electron chi connectivity index (χ2n) is 10.6. The molecular formula is C35H30F3N3O. The molecule has 0 saturated carbocycles. The Balaban J connectivity index is 1.30. The zero-order valence-corrected chi connectivity index (χ0v) is 23.2. The van der Waals surface area contributed by atoms with Crippen molar-refractivity contribution >= 4 is 23.0 Å². The number of aromatic nitrogens is 1. The third-order valence-corrected chi connectivity index (χ3v) is 7.75. The van der Waals surface area contributed by atoms with Crippen LogP contribution in [0, 0.1) is 0 Å². The Hall–Kier alpha value is -4.78. The molecule has 2 heterocycles. The van der Waals surface area contributed by atoms with Crippen LogP contribution < -0.4 is 9.80 Å². The fourth-order valence-corrected chi connectivity index (χ4v) is 5.60. The maximum Gasteiger partial charge on any atom is 0.416 e. The van der Waals surface area contributed by atoms with Crippen molar-refractivity contribution in [3.05, 3.63) is 138 Å². The van der Waals surface area contributed by atoms with Gasteiger partial charge in [0.05, 0.1) is 17.8 Å². The maximum atomic E-state index is 14.2. The smallest absolute Gasteiger partial charge is 0.355 e. The van der Waals surface area contributed by atoms with E-state index < -0.39 is 11.7 Å². The first-order valence-corrected chi connectivity index (χ1v) is 13.9. The summed E-state index contributed by atoms with van der Waals surface area (Å²) < 4.78 is 41.4. The monoisotopic (exact) mass is 565 g/mol. The van der Waals surface area contributed by atoms with E-state index in [-0.39, 0.29) is 5.91 Å². The Kier molecular flexibility index (Phi) is 7.33. The zero-order chi connectivity index (χ0) is 29.3. The van der Waals surface area contributed by atoms with Gasteiger partial charge in [0.2, 0.25) is 0 Å². The number of amides is 1. The van der Waals surface area contributed by atoms with Crippen LogP contribution in [-0.4, -0.2) is 17.0 Å². The van der Waals surface area contributed by atoms with Gasteiger partial charge in [0.25, 0.3) is 5.91 Å². The zero-order valence-electron chi connectivity index (χ0n) is 23.2. The molecule has 0 spiro atoms. The van der Waals surface area contributed by atoms with Crippen LogP contribution in [0.25, 0.3) is 11.1 Å². The summed E-state index contributed by atoms with van der Waals surface area (Å²) in [6.45, 7) is 1.28. The van der Waals surface area contributed by atoms with Gasteiger partial charge >= 0.3 is 6.18 Å². The van der Waals surface area contributed by atoms with Gasteiger partial charge in [-0.05, 0) is 77.6 Å². The minimum Gasteiger partial charge on any atom is -0.355 e. The standard InChI is InChI=1S/C35H30F3N3O/c1-39-22-20-30(24-39)41(23-25-12-18-29(19-13-25)40-21-6-8-27-7-2-5-11-33(27)40)34(42)32-10-4-3-9-31(32)26-14-16-28(17-15-26)35(36,37)38/h2-5,7,9-20,22,24H,6,8,21,23H2,1H3. The molecule has 5 aromatic rings. The predicted octanol–water partition coefficient (Wildman–Crippen LogP) is 8.64. The van der Waals surface area contributed by atoms with Crippen molar-refractivity contribution in [3.8, 4) is 11.1 Å². The van der Waals surface area contributed by atoms with Crippen LogP contribution in [0.3, 0.4) is 0 Å². The van der Waals surface area contributed by atoms with Crippen molar-refractivity contribution in [1.82, 2.24) is 4.57 Å². The summed E-state index contributed by atoms with van der Waals surface area (Å²) >= 11 is 0. The molecule has 0 saturated heterocycles. The van der Waals surface area contributed by atoms with E-state index in [4.69, 9.17) is 0 Å². The highest BCUT2D eigenvalue weighted by molar-refractivity contribution is 6.10. The van der Waals surface area contributed by atoms with E-state index in [1.54, 1.807) is 29.2 Å². The molecule has 1 aliphatic heterocycles. The molecule has 1 aliphatic rings. The Morgan fingerprint density at radius 3 is 2.29 bits per heavy atom. The number of carbonyl (C=O) groups excluding carboxylic acids is 1. The lowest BCUT2D eigenvalue weighted by atomic mass is 9.97. The number of alkyl halides is 3. The number of para-hydroxylation sites is 1. The number of anilines is 3. The Bertz CT molecular complexity index is 1710. The Morgan fingerprint density at radius 1 is 0.857 bits per heavy atom. The van der Waals surface area contributed by atoms with Gasteiger partial charge in [0.15, 0.2) is 0 Å². The summed E-state index contributed by atoms with van der Waals surface area (Å²) in [4.78, 5) is 18.2. The quantitative estimate of drug-likeness (QED) is 0.206. The molecule has 4 nitrogen and oxygen atoms in total. The summed E-state index contributed by atoms with van der Waals surface area (Å²) in [6.07, 6.45) is 1.51. The maximum absolute atomic E-state index is 14.2. The average Bonchev–Trinajstić information content (AvgIpc) is 3.45. The molecule has 0 bridgehead atoms. The molecule has 6 rings (SSSR count). The SMILES string of the molecule is Cn1ccc(N(Cc2ccc(N3CCCc4ccccc43)cc2)C(=O)c2ccccc2-c2ccc(C(F)(F)F)cc2)c1. The molecule has 212 valence electrons. The molecule has 4 aromatic carbocycles. The Labute approximate surface area is 243 Å². The third kappa shape index (κ3) is 5.55. The lowest BCUT2D eigenvalue weighted by Gasteiger charge is -2.31. The molecule has 0 radical (unpaired) electrons. The summed E-state index contributed by atoms with van der Waals surface area (Å²) in [5.74, 6) is -0.231. The fraction of sp³-hybridized carbons (Fsp3) is 0.171. The van der Waals surface area contributed by atoms with E-state index in [0.717, 1.165) is 48.5 Å². The number of rotatable bonds is 6. The topological polar surface area (TPSA) is 28.5 Å². The van der Waals surface area contributed by atoms with E-state index in [9.17, 15) is 18.0 Å². The van der Waals surface area contributed by atoms with E-state index in [0.29, 0.717) is 23.2 Å². The van der Waals surface area contributed by atoms with Crippen molar-refractivity contribution in [2.75, 3.05) is 16.3 Å². The minimum atomic E-state index is -4.43. The lowest BCUT2D eigenvalue weighted by Crippen LogP contribution is -2.30. The Morgan fingerprint density at radius 2 is 1.57 bits per heavy atom. The number of benzene rings is 4. The number of aryl methyl sites for hydroxylation is 2. The van der Waals surface area contributed by atoms with Crippen LogP contribution in [-0.2, 0) is 26.2 Å². The summed E-state index contributed by atoms with van der Waals surface area (Å²) in [5.41, 5.74) is 6.21. The van der Waals surface area contributed by atoms with Crippen molar-refractivity contribution in [2.45, 2.75) is 25.6 Å². The summed E-state index contributed by atoms with van der Waals surface area (Å²) in [6, 6.07) is 30.7. The van der Waals surface area contributed by atoms with Crippen LogP contribution in [0.1, 0.15) is 33.5 Å². The first kappa shape index (κ1) is 27.4. The van der Waals surface area contributed by atoms with Crippen LogP contribution >= 0.6 is 0 Å². The summed E-state index contributed by atoms with van der Waals surface area (Å²) in [7, 11) is 1.90. The number of hydrogen-bond donors (Lipinski definition) is 0. The number of nitrogens with zero attached hydrogens (tertiary/aromatic N) is 3. The van der Waals surface area contributed by atoms with Gasteiger partial charge in [-0.25, -0.2) is 0 Å². The van der Waals surface area contributed by atoms with Crippen LogP contribution in [0.4, 0.5) is 30.2 Å². The third-order valence-electron chi connectivity index (χ3n) is 7.75. The van der Waals surface area contributed by atoms with Gasteiger partial charge in [-0.2, -0.15) is 13.2 Å². The average molecular weight is 566 g/mol. The molecule has 0 aliphatic carbocycles. The highest BCUT2D eigenvalue weighted by atomic mass is 19.4. The number of halogens is 3. The highest BCUT2D eigenvalue weighted by Gasteiger charge is 2.30. The van der Waals surface area contributed by atoms with Crippen LogP contribution in [0.5, 0.6) is 0 Å². The summed E-state index contributed by atoms with van der Waals surface area (Å²) in [5, 5.41) is 0. The number of hydrogen-bond acceptors (Lipinski definition) is 2. The molecule has 0 unspecified atom stereocenters. The van der Waals surface area contributed by atoms with E-state index in [2.05, 4.69) is 53.4 Å². The normalized spacial score (nSPS) is 13.1. The minimum absolute atomic E-state index is 0.231. The molecule has 42 heavy (non-hydrogen) atoms.